The molecule has 0 atom stereocenters. The van der Waals surface area contributed by atoms with E-state index in [-0.39, 0.29) is 23.3 Å². The van der Waals surface area contributed by atoms with Crippen LogP contribution in [0.1, 0.15) is 33.6 Å². The first kappa shape index (κ1) is 21.2. The SMILES string of the molecule is C=CCNC(=O)C1CCN(C(=O)c2cccc(NC(=O)c3ccccc3F)c2)CC1. The molecule has 2 aromatic rings. The number of amides is 3. The van der Waals surface area contributed by atoms with Crippen LogP contribution in [-0.2, 0) is 4.79 Å². The topological polar surface area (TPSA) is 78.5 Å². The Morgan fingerprint density at radius 3 is 2.53 bits per heavy atom. The van der Waals surface area contributed by atoms with Crippen LogP contribution >= 0.6 is 0 Å². The molecule has 0 aliphatic carbocycles. The fourth-order valence-electron chi connectivity index (χ4n) is 3.42. The van der Waals surface area contributed by atoms with Crippen molar-refractivity contribution >= 4 is 23.4 Å². The molecule has 6 nitrogen and oxygen atoms in total. The molecule has 156 valence electrons. The van der Waals surface area contributed by atoms with Gasteiger partial charge in [0.15, 0.2) is 0 Å². The minimum Gasteiger partial charge on any atom is -0.352 e. The monoisotopic (exact) mass is 409 g/mol. The second-order valence-electron chi connectivity index (χ2n) is 7.12. The van der Waals surface area contributed by atoms with Crippen LogP contribution < -0.4 is 10.6 Å². The van der Waals surface area contributed by atoms with Crippen molar-refractivity contribution in [1.29, 1.82) is 0 Å². The van der Waals surface area contributed by atoms with Crippen molar-refractivity contribution in [2.75, 3.05) is 25.0 Å². The zero-order valence-corrected chi connectivity index (χ0v) is 16.6. The first-order valence-corrected chi connectivity index (χ1v) is 9.83. The van der Waals surface area contributed by atoms with Crippen molar-refractivity contribution in [3.05, 3.63) is 78.1 Å². The first-order valence-electron chi connectivity index (χ1n) is 9.83. The van der Waals surface area contributed by atoms with Crippen molar-refractivity contribution in [2.45, 2.75) is 12.8 Å². The lowest BCUT2D eigenvalue weighted by atomic mass is 9.95. The Morgan fingerprint density at radius 2 is 1.83 bits per heavy atom. The zero-order valence-electron chi connectivity index (χ0n) is 16.6. The third kappa shape index (κ3) is 5.11. The quantitative estimate of drug-likeness (QED) is 0.719. The first-order chi connectivity index (χ1) is 14.5. The molecule has 30 heavy (non-hydrogen) atoms. The number of likely N-dealkylation sites (tertiary alicyclic amines) is 1. The summed E-state index contributed by atoms with van der Waals surface area (Å²) in [4.78, 5) is 38.9. The second kappa shape index (κ2) is 9.82. The van der Waals surface area contributed by atoms with Crippen LogP contribution in [0.3, 0.4) is 0 Å². The van der Waals surface area contributed by atoms with E-state index in [4.69, 9.17) is 0 Å². The van der Waals surface area contributed by atoms with Gasteiger partial charge in [0.1, 0.15) is 5.82 Å². The molecule has 0 aromatic heterocycles. The molecule has 1 heterocycles. The molecule has 0 bridgehead atoms. The van der Waals surface area contributed by atoms with Crippen LogP contribution in [0.2, 0.25) is 0 Å². The zero-order chi connectivity index (χ0) is 21.5. The van der Waals surface area contributed by atoms with E-state index in [0.717, 1.165) is 0 Å². The number of carbonyl (C=O) groups excluding carboxylic acids is 3. The van der Waals surface area contributed by atoms with Gasteiger partial charge in [0.05, 0.1) is 5.56 Å². The number of benzene rings is 2. The number of carbonyl (C=O) groups is 3. The molecule has 2 N–H and O–H groups in total. The molecule has 1 saturated heterocycles. The summed E-state index contributed by atoms with van der Waals surface area (Å²) in [6.45, 7) is 4.98. The van der Waals surface area contributed by atoms with Gasteiger partial charge in [0, 0.05) is 36.8 Å². The van der Waals surface area contributed by atoms with E-state index >= 15 is 0 Å². The highest BCUT2D eigenvalue weighted by atomic mass is 19.1. The number of anilines is 1. The molecule has 0 radical (unpaired) electrons. The number of halogens is 1. The van der Waals surface area contributed by atoms with Gasteiger partial charge in [0.25, 0.3) is 11.8 Å². The highest BCUT2D eigenvalue weighted by Gasteiger charge is 2.27. The number of hydrogen-bond acceptors (Lipinski definition) is 3. The summed E-state index contributed by atoms with van der Waals surface area (Å²) in [5, 5.41) is 5.42. The summed E-state index contributed by atoms with van der Waals surface area (Å²) < 4.78 is 13.8. The summed E-state index contributed by atoms with van der Waals surface area (Å²) in [6.07, 6.45) is 2.82. The summed E-state index contributed by atoms with van der Waals surface area (Å²) in [5.74, 6) is -1.48. The molecular weight excluding hydrogens is 385 g/mol. The maximum atomic E-state index is 13.8. The number of hydrogen-bond donors (Lipinski definition) is 2. The third-order valence-electron chi connectivity index (χ3n) is 5.06. The Balaban J connectivity index is 1.61. The van der Waals surface area contributed by atoms with Gasteiger partial charge in [-0.3, -0.25) is 14.4 Å². The van der Waals surface area contributed by atoms with Crippen molar-refractivity contribution in [3.63, 3.8) is 0 Å². The van der Waals surface area contributed by atoms with Crippen LogP contribution in [-0.4, -0.2) is 42.3 Å². The van der Waals surface area contributed by atoms with Crippen molar-refractivity contribution in [1.82, 2.24) is 10.2 Å². The predicted molar refractivity (Wildman–Crippen MR) is 113 cm³/mol. The lowest BCUT2D eigenvalue weighted by molar-refractivity contribution is -0.126. The summed E-state index contributed by atoms with van der Waals surface area (Å²) >= 11 is 0. The van der Waals surface area contributed by atoms with Gasteiger partial charge in [-0.2, -0.15) is 0 Å². The molecule has 0 saturated carbocycles. The molecule has 3 rings (SSSR count). The second-order valence-corrected chi connectivity index (χ2v) is 7.12. The highest BCUT2D eigenvalue weighted by Crippen LogP contribution is 2.21. The Labute approximate surface area is 174 Å². The Kier molecular flexibility index (Phi) is 6.95. The Hall–Kier alpha value is -3.48. The van der Waals surface area contributed by atoms with E-state index < -0.39 is 11.7 Å². The maximum absolute atomic E-state index is 13.8. The summed E-state index contributed by atoms with van der Waals surface area (Å²) in [5.41, 5.74) is 0.773. The fourth-order valence-corrected chi connectivity index (χ4v) is 3.42. The molecule has 0 spiro atoms. The summed E-state index contributed by atoms with van der Waals surface area (Å²) in [7, 11) is 0. The molecule has 1 fully saturated rings. The van der Waals surface area contributed by atoms with Gasteiger partial charge in [0.2, 0.25) is 5.91 Å². The molecule has 3 amide bonds. The molecule has 1 aliphatic heterocycles. The van der Waals surface area contributed by atoms with E-state index in [1.807, 2.05) is 0 Å². The molecule has 0 unspecified atom stereocenters. The van der Waals surface area contributed by atoms with E-state index in [1.54, 1.807) is 41.3 Å². The Bertz CT molecular complexity index is 952. The number of nitrogens with one attached hydrogen (secondary N) is 2. The lowest BCUT2D eigenvalue weighted by Gasteiger charge is -2.31. The van der Waals surface area contributed by atoms with Crippen LogP contribution in [0.25, 0.3) is 0 Å². The minimum atomic E-state index is -0.609. The maximum Gasteiger partial charge on any atom is 0.258 e. The average molecular weight is 409 g/mol. The normalized spacial score (nSPS) is 14.1. The van der Waals surface area contributed by atoms with Gasteiger partial charge in [-0.1, -0.05) is 24.3 Å². The van der Waals surface area contributed by atoms with E-state index in [9.17, 15) is 18.8 Å². The van der Waals surface area contributed by atoms with Gasteiger partial charge in [-0.25, -0.2) is 4.39 Å². The highest BCUT2D eigenvalue weighted by molar-refractivity contribution is 6.05. The van der Waals surface area contributed by atoms with E-state index in [2.05, 4.69) is 17.2 Å². The van der Waals surface area contributed by atoms with Crippen LogP contribution in [0.4, 0.5) is 10.1 Å². The Morgan fingerprint density at radius 1 is 1.10 bits per heavy atom. The third-order valence-corrected chi connectivity index (χ3v) is 5.06. The largest absolute Gasteiger partial charge is 0.352 e. The molecular formula is C23H24FN3O3. The van der Waals surface area contributed by atoms with Gasteiger partial charge < -0.3 is 15.5 Å². The van der Waals surface area contributed by atoms with E-state index in [1.165, 1.54) is 18.2 Å². The van der Waals surface area contributed by atoms with Crippen molar-refractivity contribution in [2.24, 2.45) is 5.92 Å². The van der Waals surface area contributed by atoms with Gasteiger partial charge in [-0.05, 0) is 43.2 Å². The van der Waals surface area contributed by atoms with Gasteiger partial charge >= 0.3 is 0 Å². The molecule has 7 heteroatoms. The number of nitrogens with zero attached hydrogens (tertiary/aromatic N) is 1. The standard InChI is InChI=1S/C23H24FN3O3/c1-2-12-25-21(28)16-10-13-27(14-11-16)23(30)17-6-5-7-18(15-17)26-22(29)19-8-3-4-9-20(19)24/h2-9,15-16H,1,10-14H2,(H,25,28)(H,26,29). The fraction of sp³-hybridized carbons (Fsp3) is 0.261. The van der Waals surface area contributed by atoms with Crippen LogP contribution in [0.5, 0.6) is 0 Å². The minimum absolute atomic E-state index is 0.0140. The van der Waals surface area contributed by atoms with Crippen molar-refractivity contribution < 1.29 is 18.8 Å². The van der Waals surface area contributed by atoms with Crippen LogP contribution in [0.15, 0.2) is 61.2 Å². The van der Waals surface area contributed by atoms with Gasteiger partial charge in [-0.15, -0.1) is 6.58 Å². The molecule has 1 aliphatic rings. The van der Waals surface area contributed by atoms with Crippen molar-refractivity contribution in [3.8, 4) is 0 Å². The number of piperidine rings is 1. The summed E-state index contributed by atoms with van der Waals surface area (Å²) in [6, 6.07) is 12.3. The smallest absolute Gasteiger partial charge is 0.258 e. The lowest BCUT2D eigenvalue weighted by Crippen LogP contribution is -2.43. The van der Waals surface area contributed by atoms with Crippen LogP contribution in [0, 0.1) is 11.7 Å². The molecule has 2 aromatic carbocycles. The predicted octanol–water partition coefficient (Wildman–Crippen LogP) is 3.23. The number of rotatable bonds is 6. The van der Waals surface area contributed by atoms with E-state index in [0.29, 0.717) is 43.7 Å². The average Bonchev–Trinajstić information content (AvgIpc) is 2.77.